The molecule has 0 radical (unpaired) electrons. The molecule has 0 aliphatic heterocycles. The first kappa shape index (κ1) is 39.3. The number of aromatic nitrogens is 9. The molecule has 3 amide bonds. The first-order valence-electron chi connectivity index (χ1n) is 18.3. The van der Waals surface area contributed by atoms with Gasteiger partial charge in [-0.15, -0.1) is 0 Å². The van der Waals surface area contributed by atoms with E-state index in [1.807, 2.05) is 69.5 Å². The summed E-state index contributed by atoms with van der Waals surface area (Å²) in [5.41, 5.74) is 11.1. The molecule has 6 aromatic rings. The van der Waals surface area contributed by atoms with E-state index in [-0.39, 0.29) is 43.7 Å². The number of hydrogen-bond acceptors (Lipinski definition) is 11. The number of aliphatic hydroxyl groups is 1. The van der Waals surface area contributed by atoms with Crippen LogP contribution in [0.5, 0.6) is 5.75 Å². The molecule has 0 aliphatic carbocycles. The Balaban J connectivity index is 1.37. The number of aryl methyl sites for hydroxylation is 4. The zero-order valence-corrected chi connectivity index (χ0v) is 32.4. The third-order valence-electron chi connectivity index (χ3n) is 8.85. The van der Waals surface area contributed by atoms with Crippen LogP contribution in [0.25, 0.3) is 22.2 Å². The molecule has 5 N–H and O–H groups in total. The predicted octanol–water partition coefficient (Wildman–Crippen LogP) is 3.51. The van der Waals surface area contributed by atoms with Gasteiger partial charge in [0.05, 0.1) is 23.5 Å². The Hall–Kier alpha value is -6.40. The van der Waals surface area contributed by atoms with Gasteiger partial charge >= 0.3 is 0 Å². The van der Waals surface area contributed by atoms with E-state index in [0.29, 0.717) is 77.0 Å². The molecule has 0 atom stereocenters. The van der Waals surface area contributed by atoms with E-state index < -0.39 is 11.8 Å². The molecular formula is C38H47N13O5. The fourth-order valence-corrected chi connectivity index (χ4v) is 6.40. The number of nitrogens with one attached hydrogen (secondary N) is 2. The summed E-state index contributed by atoms with van der Waals surface area (Å²) in [5.74, 6) is -0.624. The number of benzene rings is 1. The zero-order valence-electron chi connectivity index (χ0n) is 32.4. The number of anilines is 2. The third kappa shape index (κ3) is 8.45. The molecule has 1 aromatic carbocycles. The van der Waals surface area contributed by atoms with Gasteiger partial charge in [0.15, 0.2) is 5.65 Å². The van der Waals surface area contributed by atoms with Crippen LogP contribution < -0.4 is 21.1 Å². The summed E-state index contributed by atoms with van der Waals surface area (Å²) in [5, 5.41) is 24.1. The van der Waals surface area contributed by atoms with Crippen molar-refractivity contribution >= 4 is 51.8 Å². The van der Waals surface area contributed by atoms with Crippen LogP contribution in [0.15, 0.2) is 48.7 Å². The monoisotopic (exact) mass is 765 g/mol. The minimum Gasteiger partial charge on any atom is -0.491 e. The quantitative estimate of drug-likeness (QED) is 0.0778. The second-order valence-electron chi connectivity index (χ2n) is 13.5. The number of imidazole rings is 2. The summed E-state index contributed by atoms with van der Waals surface area (Å²) in [7, 11) is 3.95. The highest BCUT2D eigenvalue weighted by atomic mass is 16.5. The van der Waals surface area contributed by atoms with Crippen molar-refractivity contribution in [1.29, 1.82) is 0 Å². The molecule has 18 heteroatoms. The van der Waals surface area contributed by atoms with Crippen LogP contribution in [0.2, 0.25) is 0 Å². The van der Waals surface area contributed by atoms with Crippen LogP contribution in [0.3, 0.4) is 0 Å². The van der Waals surface area contributed by atoms with Gasteiger partial charge in [0, 0.05) is 57.5 Å². The maximum absolute atomic E-state index is 13.6. The summed E-state index contributed by atoms with van der Waals surface area (Å²) in [6, 6.07) is 8.45. The molecule has 0 spiro atoms. The molecular weight excluding hydrogens is 719 g/mol. The second-order valence-corrected chi connectivity index (χ2v) is 13.5. The summed E-state index contributed by atoms with van der Waals surface area (Å²) in [6.45, 7) is 9.67. The number of amides is 3. The molecule has 0 unspecified atom stereocenters. The van der Waals surface area contributed by atoms with Crippen molar-refractivity contribution in [2.24, 2.45) is 5.73 Å². The van der Waals surface area contributed by atoms with E-state index in [4.69, 9.17) is 25.4 Å². The average Bonchev–Trinajstić information content (AvgIpc) is 3.92. The summed E-state index contributed by atoms with van der Waals surface area (Å²) in [4.78, 5) is 55.7. The number of carbonyl (C=O) groups is 3. The Morgan fingerprint density at radius 2 is 1.45 bits per heavy atom. The molecule has 18 nitrogen and oxygen atoms in total. The number of rotatable bonds is 17. The van der Waals surface area contributed by atoms with E-state index in [2.05, 4.69) is 20.8 Å². The van der Waals surface area contributed by atoms with Crippen molar-refractivity contribution < 1.29 is 24.2 Å². The van der Waals surface area contributed by atoms with E-state index in [0.717, 1.165) is 11.3 Å². The molecule has 0 saturated heterocycles. The number of ether oxygens (including phenoxy) is 1. The highest BCUT2D eigenvalue weighted by molar-refractivity contribution is 6.04. The van der Waals surface area contributed by atoms with Crippen LogP contribution in [0, 0.1) is 13.8 Å². The Morgan fingerprint density at radius 1 is 0.857 bits per heavy atom. The first-order chi connectivity index (χ1) is 26.9. The predicted molar refractivity (Wildman–Crippen MR) is 211 cm³/mol. The molecule has 0 bridgehead atoms. The maximum atomic E-state index is 13.6. The zero-order chi connectivity index (χ0) is 40.1. The van der Waals surface area contributed by atoms with Crippen LogP contribution in [0.4, 0.5) is 11.9 Å². The van der Waals surface area contributed by atoms with Crippen LogP contribution in [-0.2, 0) is 32.7 Å². The van der Waals surface area contributed by atoms with Gasteiger partial charge in [-0.1, -0.05) is 12.2 Å². The van der Waals surface area contributed by atoms with Crippen LogP contribution in [-0.4, -0.2) is 98.7 Å². The largest absolute Gasteiger partial charge is 0.491 e. The van der Waals surface area contributed by atoms with Crippen molar-refractivity contribution in [3.63, 3.8) is 0 Å². The number of allylic oxidation sites excluding steroid dienone is 2. The lowest BCUT2D eigenvalue weighted by Gasteiger charge is -2.13. The Morgan fingerprint density at radius 3 is 2.02 bits per heavy atom. The number of primary amides is 1. The number of fused-ring (bicyclic) bond motifs is 2. The van der Waals surface area contributed by atoms with Gasteiger partial charge in [-0.2, -0.15) is 10.2 Å². The van der Waals surface area contributed by atoms with Gasteiger partial charge in [-0.3, -0.25) is 38.9 Å². The lowest BCUT2D eigenvalue weighted by atomic mass is 10.1. The van der Waals surface area contributed by atoms with E-state index in [1.165, 1.54) is 6.07 Å². The highest BCUT2D eigenvalue weighted by Gasteiger charge is 2.22. The third-order valence-corrected chi connectivity index (χ3v) is 8.85. The fraction of sp³-hybridized carbons (Fsp3) is 0.368. The van der Waals surface area contributed by atoms with Crippen LogP contribution in [0.1, 0.15) is 68.6 Å². The normalized spacial score (nSPS) is 11.7. The lowest BCUT2D eigenvalue weighted by Crippen LogP contribution is -2.20. The molecule has 0 fully saturated rings. The van der Waals surface area contributed by atoms with Gasteiger partial charge in [0.25, 0.3) is 11.8 Å². The molecule has 294 valence electrons. The van der Waals surface area contributed by atoms with Crippen molar-refractivity contribution in [2.45, 2.75) is 66.8 Å². The van der Waals surface area contributed by atoms with Crippen LogP contribution >= 0.6 is 0 Å². The number of carbonyl (C=O) groups excluding carboxylic acids is 3. The second kappa shape index (κ2) is 17.0. The number of nitrogens with zero attached hydrogens (tertiary/aromatic N) is 10. The SMILES string of the molecule is CCn1nc(C)cc1C(=O)Nc1nc2cc(CN(C)C)cnc2n1C/C=C/Cn1c(NC(=O)c2cc(C)nn2CC)nc2cc(C(N)=O)cc(OCCCO)c21. The summed E-state index contributed by atoms with van der Waals surface area (Å²) in [6.07, 6.45) is 5.92. The van der Waals surface area contributed by atoms with Gasteiger partial charge in [-0.25, -0.2) is 15.0 Å². The molecule has 5 heterocycles. The molecule has 6 rings (SSSR count). The van der Waals surface area contributed by atoms with Crippen molar-refractivity contribution in [3.05, 3.63) is 82.6 Å². The smallest absolute Gasteiger partial charge is 0.276 e. The number of aliphatic hydroxyl groups excluding tert-OH is 1. The minimum absolute atomic E-state index is 0.0917. The van der Waals surface area contributed by atoms with Crippen molar-refractivity contribution in [2.75, 3.05) is 37.9 Å². The first-order valence-corrected chi connectivity index (χ1v) is 18.3. The van der Waals surface area contributed by atoms with Gasteiger partial charge in [-0.05, 0) is 77.7 Å². The Kier molecular flexibility index (Phi) is 11.9. The molecule has 5 aromatic heterocycles. The van der Waals surface area contributed by atoms with Gasteiger partial charge < -0.3 is 25.0 Å². The van der Waals surface area contributed by atoms with E-state index in [9.17, 15) is 19.5 Å². The van der Waals surface area contributed by atoms with Gasteiger partial charge in [0.2, 0.25) is 17.8 Å². The Labute approximate surface area is 323 Å². The summed E-state index contributed by atoms with van der Waals surface area (Å²) >= 11 is 0. The topological polar surface area (TPSA) is 218 Å². The number of nitrogens with two attached hydrogens (primary N) is 1. The standard InChI is InChI=1S/C38H47N13O5/c1-7-50-29(16-23(3)45-50)35(54)43-37-41-27-19-26(33(39)53)20-31(56-15-11-14-52)32(27)48(37)12-9-10-13-49-34-28(18-25(21-40-34)22-47(5)6)42-38(49)44-36(55)30-17-24(4)46-51(30)8-2/h9-10,16-21,52H,7-8,11-15,22H2,1-6H3,(H2,39,53)(H,41,43,54)(H,42,44,55)/b10-9+. The summed E-state index contributed by atoms with van der Waals surface area (Å²) < 4.78 is 12.9. The molecule has 0 saturated carbocycles. The van der Waals surface area contributed by atoms with Gasteiger partial charge in [0.1, 0.15) is 28.2 Å². The number of pyridine rings is 1. The number of hydrogen-bond donors (Lipinski definition) is 4. The van der Waals surface area contributed by atoms with Crippen molar-refractivity contribution in [1.82, 2.24) is 48.5 Å². The van der Waals surface area contributed by atoms with E-state index in [1.54, 1.807) is 38.3 Å². The lowest BCUT2D eigenvalue weighted by molar-refractivity contribution is 0.0994. The molecule has 56 heavy (non-hydrogen) atoms. The fourth-order valence-electron chi connectivity index (χ4n) is 6.40. The molecule has 0 aliphatic rings. The highest BCUT2D eigenvalue weighted by Crippen LogP contribution is 2.32. The minimum atomic E-state index is -0.673. The van der Waals surface area contributed by atoms with Crippen molar-refractivity contribution in [3.8, 4) is 5.75 Å². The average molecular weight is 766 g/mol. The Bertz CT molecular complexity index is 2430. The maximum Gasteiger partial charge on any atom is 0.276 e. The van der Waals surface area contributed by atoms with E-state index >= 15 is 0 Å².